The van der Waals surface area contributed by atoms with Crippen LogP contribution < -0.4 is 21.2 Å². The van der Waals surface area contributed by atoms with Gasteiger partial charge in [-0.25, -0.2) is 13.2 Å². The average molecular weight is 1860 g/mol. The number of nitrogens with one attached hydrogen (secondary N) is 1. The summed E-state index contributed by atoms with van der Waals surface area (Å²) >= 11 is 17.6. The number of benzene rings is 6. The van der Waals surface area contributed by atoms with Gasteiger partial charge in [0.15, 0.2) is 28.9 Å². The number of carboxylic acids is 1. The van der Waals surface area contributed by atoms with Crippen molar-refractivity contribution >= 4 is 159 Å². The van der Waals surface area contributed by atoms with Crippen LogP contribution in [0.2, 0.25) is 15.1 Å². The van der Waals surface area contributed by atoms with Gasteiger partial charge in [-0.2, -0.15) is 0 Å². The van der Waals surface area contributed by atoms with Crippen molar-refractivity contribution in [3.63, 3.8) is 0 Å². The summed E-state index contributed by atoms with van der Waals surface area (Å²) in [6.07, 6.45) is 17.3. The van der Waals surface area contributed by atoms with E-state index in [1.54, 1.807) is 121 Å². The van der Waals surface area contributed by atoms with Gasteiger partial charge in [0.2, 0.25) is 11.8 Å². The molecule has 0 bridgehead atoms. The maximum atomic E-state index is 14.5. The first-order valence-corrected chi connectivity index (χ1v) is 48.6. The molecule has 4 N–H and O–H groups in total. The Labute approximate surface area is 743 Å². The summed E-state index contributed by atoms with van der Waals surface area (Å²) in [6.45, 7) is 11.4. The number of Topliss-reactive ketones (excluding diaryl/α,β-unsaturated/α-hetero) is 6. The van der Waals surface area contributed by atoms with Crippen molar-refractivity contribution in [3.05, 3.63) is 194 Å². The number of carboxylic acid groups (broad SMARTS) is 1. The fourth-order valence-electron chi connectivity index (χ4n) is 19.0. The highest BCUT2D eigenvalue weighted by molar-refractivity contribution is 7.62. The Morgan fingerprint density at radius 1 is 0.444 bits per heavy atom. The van der Waals surface area contributed by atoms with Crippen LogP contribution in [0.3, 0.4) is 0 Å². The first kappa shape index (κ1) is 96.5. The molecule has 6 aromatic carbocycles. The summed E-state index contributed by atoms with van der Waals surface area (Å²) in [7, 11) is -11.7. The number of aryl methyl sites for hydroxylation is 3. The molecule has 3 aliphatic heterocycles. The van der Waals surface area contributed by atoms with Gasteiger partial charge in [0, 0.05) is 88.8 Å². The number of aromatic nitrogens is 3. The molecule has 6 fully saturated rings. The van der Waals surface area contributed by atoms with Gasteiger partial charge in [-0.1, -0.05) is 109 Å². The molecule has 25 nitrogen and oxygen atoms in total. The minimum absolute atomic E-state index is 0.00191. The molecular weight excluding hydrogens is 1750 g/mol. The van der Waals surface area contributed by atoms with Crippen LogP contribution in [0.1, 0.15) is 193 Å². The minimum Gasteiger partial charge on any atom is -0.480 e. The number of rotatable bonds is 32. The predicted octanol–water partition coefficient (Wildman–Crippen LogP) is 17.2. The van der Waals surface area contributed by atoms with Gasteiger partial charge in [0.25, 0.3) is 0 Å². The van der Waals surface area contributed by atoms with Gasteiger partial charge >= 0.3 is 28.8 Å². The quantitative estimate of drug-likeness (QED) is 0.0225. The van der Waals surface area contributed by atoms with Gasteiger partial charge in [-0.3, -0.25) is 56.8 Å². The summed E-state index contributed by atoms with van der Waals surface area (Å²) in [5.41, 5.74) is 3.86. The second-order valence-electron chi connectivity index (χ2n) is 32.8. The Bertz CT molecular complexity index is 5780. The summed E-state index contributed by atoms with van der Waals surface area (Å²) in [4.78, 5) is 137. The van der Waals surface area contributed by atoms with Crippen molar-refractivity contribution in [2.24, 2.45) is 17.8 Å². The van der Waals surface area contributed by atoms with E-state index in [4.69, 9.17) is 58.0 Å². The second kappa shape index (κ2) is 41.9. The fourth-order valence-corrected chi connectivity index (χ4v) is 23.3. The van der Waals surface area contributed by atoms with E-state index in [9.17, 15) is 79.8 Å². The standard InChI is InChI=1S/C32H37ClFN2O6P.C28H29ClFN2O6P.C16H19ClFNO.C16H20NO6P/c1-4-41-43(40,42-5-2)23-13-14-24-25(20(3)37)18-35(28(24)17-23)19-31(39)36-27-11-7-9-22(27)16-29(36)30(38)15-12-21-8-6-10-26(33)32(21)34;1-16(33)21-14-31(24-13-19(39(36,37)38)9-10-20(21)24)15-27(35)32-23-7-3-5-18(23)12-25(32)26(34)11-8-17-4-2-6-22(29)28(17)30;17-12-5-1-3-10(16(12)18)7-8-15(20)14-9-11-4-2-6-13(11)19-14;1-4-22-24(21,23-5-2)12-6-7-13-14(11(3)18)9-17(10-16(19)20)15(13)8-12/h6,8,10,13-14,17-18,22,27,29H,4-5,7,9,11-12,15-16,19H2,1-3H3;2,4,6,9-10,13-14,18,23,25H,3,5,7-8,11-12,15H2,1H3,(H2,36,37,38);1,3,5,11,13-14,19H,2,4,6-9H2;6-9H,4-5,10H2,1-3H3,(H,19,20)/t22-,27-,29+;18-,23-,25+;11-,13-,14+;/m111./s1. The van der Waals surface area contributed by atoms with E-state index >= 15 is 0 Å². The van der Waals surface area contributed by atoms with Crippen molar-refractivity contribution in [2.75, 3.05) is 26.4 Å². The Hall–Kier alpha value is -8.56. The first-order valence-electron chi connectivity index (χ1n) is 42.7. The molecule has 3 saturated carbocycles. The Morgan fingerprint density at radius 3 is 1.13 bits per heavy atom. The number of amides is 2. The Balaban J connectivity index is 0.000000159. The maximum absolute atomic E-state index is 14.5. The number of carbonyl (C=O) groups excluding carboxylic acids is 8. The SMILES string of the molecule is CC(=O)c1cn(CC(=O)N2[C@@H]3CCC[C@@H]3C[C@H]2C(=O)CCc2cccc(Cl)c2F)c2cc(P(=O)(O)O)ccc12.CCOP(=O)(OCC)c1ccc2c(C(C)=O)cn(CC(=O)N3[C@@H]4CCC[C@@H]4C[C@H]3C(=O)CCc3cccc(Cl)c3F)c2c1.CCOP(=O)(OCC)c1ccc2c(C(C)=O)cn(CC(=O)O)c2c1.O=C(CCc1cccc(Cl)c1F)[C@@H]1C[C@H]2CCC[C@H]2N1. The summed E-state index contributed by atoms with van der Waals surface area (Å²) in [6, 6.07) is 27.4. The highest BCUT2D eigenvalue weighted by Gasteiger charge is 2.50. The molecule has 2 amide bonds. The lowest BCUT2D eigenvalue weighted by Gasteiger charge is -2.29. The Morgan fingerprint density at radius 2 is 0.786 bits per heavy atom. The smallest absolute Gasteiger partial charge is 0.361 e. The average Bonchev–Trinajstić information content (AvgIpc) is 1.61. The zero-order chi connectivity index (χ0) is 91.0. The molecular formula is C92H105Cl3F3N6O19P3. The van der Waals surface area contributed by atoms with Crippen molar-refractivity contribution in [3.8, 4) is 0 Å². The lowest BCUT2D eigenvalue weighted by atomic mass is 9.97. The van der Waals surface area contributed by atoms with Crippen LogP contribution in [0.15, 0.2) is 128 Å². The molecule has 126 heavy (non-hydrogen) atoms. The van der Waals surface area contributed by atoms with Crippen LogP contribution >= 0.6 is 57.6 Å². The zero-order valence-corrected chi connectivity index (χ0v) is 76.2. The van der Waals surface area contributed by atoms with Gasteiger partial charge in [0.1, 0.15) is 42.9 Å². The monoisotopic (exact) mass is 1850 g/mol. The van der Waals surface area contributed by atoms with Gasteiger partial charge in [-0.05, 0) is 215 Å². The predicted molar refractivity (Wildman–Crippen MR) is 476 cm³/mol. The fraction of sp³-hybridized carbons (Fsp3) is 0.446. The van der Waals surface area contributed by atoms with Crippen molar-refractivity contribution < 1.29 is 103 Å². The molecule has 0 unspecified atom stereocenters. The number of carbonyl (C=O) groups is 9. The number of nitrogens with zero attached hydrogens (tertiary/aromatic N) is 5. The second-order valence-corrected chi connectivity index (χ2v) is 39.7. The number of likely N-dealkylation sites (tertiary alicyclic amines) is 2. The number of fused-ring (bicyclic) bond motifs is 6. The maximum Gasteiger partial charge on any atom is 0.361 e. The van der Waals surface area contributed by atoms with Crippen molar-refractivity contribution in [1.29, 1.82) is 0 Å². The molecule has 9 atom stereocenters. The van der Waals surface area contributed by atoms with E-state index in [1.807, 2.05) is 0 Å². The molecule has 3 aliphatic carbocycles. The van der Waals surface area contributed by atoms with Gasteiger partial charge in [-0.15, -0.1) is 0 Å². The minimum atomic E-state index is -4.56. The first-order chi connectivity index (χ1) is 60.0. The summed E-state index contributed by atoms with van der Waals surface area (Å²) in [5.74, 6) is -2.50. The molecule has 0 spiro atoms. The summed E-state index contributed by atoms with van der Waals surface area (Å²) in [5, 5.41) is 14.8. The van der Waals surface area contributed by atoms with E-state index in [1.165, 1.54) is 98.0 Å². The number of hydrogen-bond acceptors (Lipinski definition) is 17. The molecule has 9 aromatic rings. The third-order valence-corrected chi connectivity index (χ3v) is 30.9. The zero-order valence-electron chi connectivity index (χ0n) is 71.2. The van der Waals surface area contributed by atoms with Crippen LogP contribution in [-0.4, -0.2) is 154 Å². The molecule has 34 heteroatoms. The van der Waals surface area contributed by atoms with E-state index in [0.717, 1.165) is 44.9 Å². The number of halogens is 6. The highest BCUT2D eigenvalue weighted by atomic mass is 35.5. The molecule has 6 aliphatic rings. The normalized spacial score (nSPS) is 20.1. The van der Waals surface area contributed by atoms with E-state index in [-0.39, 0.29) is 169 Å². The lowest BCUT2D eigenvalue weighted by Crippen LogP contribution is -2.46. The van der Waals surface area contributed by atoms with Gasteiger partial charge < -0.3 is 61.8 Å². The molecule has 674 valence electrons. The highest BCUT2D eigenvalue weighted by Crippen LogP contribution is 2.50. The molecule has 15 rings (SSSR count). The topological polar surface area (TPSA) is 336 Å². The largest absolute Gasteiger partial charge is 0.480 e. The molecule has 6 heterocycles. The molecule has 3 aromatic heterocycles. The number of ketones is 6. The van der Waals surface area contributed by atoms with Crippen LogP contribution in [0.25, 0.3) is 32.7 Å². The molecule has 3 saturated heterocycles. The number of hydrogen-bond donors (Lipinski definition) is 4. The Kier molecular flexibility index (Phi) is 32.1. The third kappa shape index (κ3) is 21.8. The van der Waals surface area contributed by atoms with Crippen molar-refractivity contribution in [2.45, 2.75) is 220 Å². The van der Waals surface area contributed by atoms with Crippen LogP contribution in [-0.2, 0) is 99.5 Å². The van der Waals surface area contributed by atoms with Crippen LogP contribution in [0.5, 0.6) is 0 Å². The van der Waals surface area contributed by atoms with E-state index < -0.39 is 58.3 Å². The van der Waals surface area contributed by atoms with Gasteiger partial charge in [0.05, 0.1) is 92.1 Å². The summed E-state index contributed by atoms with van der Waals surface area (Å²) < 4.78 is 107. The van der Waals surface area contributed by atoms with Crippen LogP contribution in [0.4, 0.5) is 13.2 Å². The lowest BCUT2D eigenvalue weighted by molar-refractivity contribution is -0.140. The van der Waals surface area contributed by atoms with Crippen molar-refractivity contribution in [1.82, 2.24) is 28.8 Å². The number of aliphatic carboxylic acids is 1. The third-order valence-electron chi connectivity index (χ3n) is 24.8. The van der Waals surface area contributed by atoms with E-state index in [0.29, 0.717) is 114 Å². The van der Waals surface area contributed by atoms with E-state index in [2.05, 4.69) is 5.32 Å². The van der Waals surface area contributed by atoms with Crippen LogP contribution in [0, 0.1) is 35.2 Å². The molecule has 0 radical (unpaired) electrons.